The molecule has 4 rings (SSSR count). The normalized spacial score (nSPS) is 14.2. The molecule has 0 spiro atoms. The van der Waals surface area contributed by atoms with Gasteiger partial charge < -0.3 is 0 Å². The van der Waals surface area contributed by atoms with Crippen LogP contribution < -0.4 is 15.6 Å². The minimum atomic E-state index is -2.53. The first-order valence-corrected chi connectivity index (χ1v) is 15.9. The Morgan fingerprint density at radius 2 is 0.917 bits per heavy atom. The Balaban J connectivity index is 2.19. The first-order chi connectivity index (χ1) is 17.2. The van der Waals surface area contributed by atoms with Crippen molar-refractivity contribution in [3.8, 4) is 0 Å². The Bertz CT molecular complexity index is 1140. The number of rotatable bonds is 8. The molecule has 1 aliphatic carbocycles. The lowest BCUT2D eigenvalue weighted by atomic mass is 10.0. The standard InChI is InChI=1S/C35H44Si/c1-24(2)28-13-9-16-31(21-28)36(35-20-12-19-34(35)27(7)8,32-17-10-14-29(22-32)25(3)4)33-18-11-15-30(23-33)26(5)6/h9-19,21-27H,20H2,1-8H3. The van der Waals surface area contributed by atoms with E-state index >= 15 is 0 Å². The molecule has 0 amide bonds. The Labute approximate surface area is 221 Å². The van der Waals surface area contributed by atoms with Crippen LogP contribution in [-0.2, 0) is 0 Å². The molecule has 3 aromatic carbocycles. The quantitative estimate of drug-likeness (QED) is 0.221. The summed E-state index contributed by atoms with van der Waals surface area (Å²) >= 11 is 0. The largest absolute Gasteiger partial charge is 0.176 e. The predicted octanol–water partition coefficient (Wildman–Crippen LogP) is 7.98. The molecular formula is C35H44Si. The van der Waals surface area contributed by atoms with Crippen molar-refractivity contribution in [2.75, 3.05) is 0 Å². The lowest BCUT2D eigenvalue weighted by molar-refractivity contribution is 0.789. The molecule has 188 valence electrons. The van der Waals surface area contributed by atoms with Gasteiger partial charge in [0.05, 0.1) is 0 Å². The summed E-state index contributed by atoms with van der Waals surface area (Å²) in [4.78, 5) is 0. The van der Waals surface area contributed by atoms with E-state index in [0.29, 0.717) is 23.7 Å². The number of benzene rings is 3. The van der Waals surface area contributed by atoms with Crippen molar-refractivity contribution in [2.24, 2.45) is 5.92 Å². The summed E-state index contributed by atoms with van der Waals surface area (Å²) in [6.45, 7) is 18.6. The predicted molar refractivity (Wildman–Crippen MR) is 162 cm³/mol. The fourth-order valence-corrected chi connectivity index (χ4v) is 11.3. The van der Waals surface area contributed by atoms with Gasteiger partial charge in [0.1, 0.15) is 0 Å². The maximum absolute atomic E-state index is 2.55. The number of hydrogen-bond donors (Lipinski definition) is 0. The van der Waals surface area contributed by atoms with Crippen molar-refractivity contribution in [3.63, 3.8) is 0 Å². The summed E-state index contributed by atoms with van der Waals surface area (Å²) in [6.07, 6.45) is 5.88. The second-order valence-corrected chi connectivity index (χ2v) is 15.6. The molecule has 0 nitrogen and oxygen atoms in total. The molecule has 36 heavy (non-hydrogen) atoms. The van der Waals surface area contributed by atoms with Gasteiger partial charge in [0.25, 0.3) is 0 Å². The lowest BCUT2D eigenvalue weighted by Crippen LogP contribution is -2.69. The fraction of sp³-hybridized carbons (Fsp3) is 0.371. The van der Waals surface area contributed by atoms with Crippen LogP contribution in [-0.4, -0.2) is 8.07 Å². The lowest BCUT2D eigenvalue weighted by Gasteiger charge is -2.38. The topological polar surface area (TPSA) is 0 Å². The summed E-state index contributed by atoms with van der Waals surface area (Å²) < 4.78 is 0. The van der Waals surface area contributed by atoms with E-state index in [9.17, 15) is 0 Å². The van der Waals surface area contributed by atoms with Crippen LogP contribution >= 0.6 is 0 Å². The van der Waals surface area contributed by atoms with Gasteiger partial charge in [-0.05, 0) is 67.9 Å². The minimum absolute atomic E-state index is 0.500. The highest BCUT2D eigenvalue weighted by Gasteiger charge is 2.45. The second-order valence-electron chi connectivity index (χ2n) is 11.8. The van der Waals surface area contributed by atoms with E-state index in [4.69, 9.17) is 0 Å². The summed E-state index contributed by atoms with van der Waals surface area (Å²) in [7, 11) is -2.53. The van der Waals surface area contributed by atoms with E-state index in [-0.39, 0.29) is 0 Å². The van der Waals surface area contributed by atoms with Crippen molar-refractivity contribution < 1.29 is 0 Å². The van der Waals surface area contributed by atoms with Crippen LogP contribution in [0.2, 0.25) is 0 Å². The molecule has 1 heteroatoms. The van der Waals surface area contributed by atoms with Gasteiger partial charge in [0.15, 0.2) is 8.07 Å². The molecule has 0 fully saturated rings. The molecule has 0 aliphatic heterocycles. The molecule has 0 radical (unpaired) electrons. The fourth-order valence-electron chi connectivity index (χ4n) is 5.85. The van der Waals surface area contributed by atoms with Crippen LogP contribution in [0, 0.1) is 5.92 Å². The van der Waals surface area contributed by atoms with Gasteiger partial charge in [0, 0.05) is 0 Å². The van der Waals surface area contributed by atoms with Gasteiger partial charge in [-0.2, -0.15) is 0 Å². The van der Waals surface area contributed by atoms with Gasteiger partial charge in [0.2, 0.25) is 0 Å². The van der Waals surface area contributed by atoms with E-state index < -0.39 is 8.07 Å². The molecule has 0 heterocycles. The third-order valence-corrected chi connectivity index (χ3v) is 12.9. The van der Waals surface area contributed by atoms with Crippen molar-refractivity contribution in [1.82, 2.24) is 0 Å². The molecule has 0 unspecified atom stereocenters. The highest BCUT2D eigenvalue weighted by molar-refractivity contribution is 7.16. The van der Waals surface area contributed by atoms with E-state index in [2.05, 4.69) is 140 Å². The zero-order valence-corrected chi connectivity index (χ0v) is 24.6. The van der Waals surface area contributed by atoms with E-state index in [1.807, 2.05) is 0 Å². The molecule has 0 N–H and O–H groups in total. The first-order valence-electron chi connectivity index (χ1n) is 13.9. The Kier molecular flexibility index (Phi) is 7.90. The maximum Gasteiger partial charge on any atom is 0.176 e. The van der Waals surface area contributed by atoms with E-state index in [1.165, 1.54) is 32.3 Å². The smallest absolute Gasteiger partial charge is 0.0805 e. The third kappa shape index (κ3) is 4.83. The van der Waals surface area contributed by atoms with Crippen LogP contribution in [0.15, 0.2) is 95.7 Å². The number of allylic oxidation sites excluding steroid dienone is 4. The molecule has 0 atom stereocenters. The monoisotopic (exact) mass is 492 g/mol. The third-order valence-electron chi connectivity index (χ3n) is 8.00. The highest BCUT2D eigenvalue weighted by Crippen LogP contribution is 2.34. The summed E-state index contributed by atoms with van der Waals surface area (Å²) in [5.74, 6) is 2.00. The van der Waals surface area contributed by atoms with Crippen molar-refractivity contribution in [3.05, 3.63) is 112 Å². The van der Waals surface area contributed by atoms with Crippen LogP contribution in [0.5, 0.6) is 0 Å². The molecule has 0 bridgehead atoms. The average Bonchev–Trinajstić information content (AvgIpc) is 3.36. The van der Waals surface area contributed by atoms with Crippen molar-refractivity contribution >= 4 is 23.6 Å². The Morgan fingerprint density at radius 1 is 0.528 bits per heavy atom. The van der Waals surface area contributed by atoms with Crippen molar-refractivity contribution in [1.29, 1.82) is 0 Å². The minimum Gasteiger partial charge on any atom is -0.0805 e. The van der Waals surface area contributed by atoms with Gasteiger partial charge in [-0.25, -0.2) is 0 Å². The van der Waals surface area contributed by atoms with E-state index in [0.717, 1.165) is 6.42 Å². The maximum atomic E-state index is 2.55. The average molecular weight is 493 g/mol. The van der Waals surface area contributed by atoms with Crippen LogP contribution in [0.25, 0.3) is 0 Å². The van der Waals surface area contributed by atoms with Crippen LogP contribution in [0.1, 0.15) is 96.3 Å². The summed E-state index contributed by atoms with van der Waals surface area (Å²) in [5.41, 5.74) is 5.84. The summed E-state index contributed by atoms with van der Waals surface area (Å²) in [5, 5.41) is 6.23. The highest BCUT2D eigenvalue weighted by atomic mass is 28.3. The Hall–Kier alpha value is -2.64. The van der Waals surface area contributed by atoms with Gasteiger partial charge in [-0.3, -0.25) is 0 Å². The molecule has 3 aromatic rings. The molecular weight excluding hydrogens is 448 g/mol. The van der Waals surface area contributed by atoms with E-state index in [1.54, 1.807) is 10.8 Å². The van der Waals surface area contributed by atoms with Gasteiger partial charge in [-0.1, -0.05) is 146 Å². The zero-order chi connectivity index (χ0) is 26.0. The second kappa shape index (κ2) is 10.8. The number of hydrogen-bond acceptors (Lipinski definition) is 0. The van der Waals surface area contributed by atoms with Crippen LogP contribution in [0.4, 0.5) is 0 Å². The summed E-state index contributed by atoms with van der Waals surface area (Å²) in [6, 6.07) is 28.8. The Morgan fingerprint density at radius 3 is 1.25 bits per heavy atom. The zero-order valence-electron chi connectivity index (χ0n) is 23.6. The molecule has 0 aromatic heterocycles. The van der Waals surface area contributed by atoms with Crippen LogP contribution in [0.3, 0.4) is 0 Å². The van der Waals surface area contributed by atoms with Gasteiger partial charge >= 0.3 is 0 Å². The molecule has 1 aliphatic rings. The SMILES string of the molecule is CC(C)C1=C([Si](c2cccc(C(C)C)c2)(c2cccc(C(C)C)c2)c2cccc(C(C)C)c2)CC=C1. The molecule has 0 saturated carbocycles. The molecule has 0 saturated heterocycles. The first kappa shape index (κ1) is 26.4. The van der Waals surface area contributed by atoms with Gasteiger partial charge in [-0.15, -0.1) is 0 Å². The van der Waals surface area contributed by atoms with Crippen molar-refractivity contribution in [2.45, 2.75) is 79.6 Å².